The van der Waals surface area contributed by atoms with Crippen molar-refractivity contribution in [1.29, 1.82) is 0 Å². The summed E-state index contributed by atoms with van der Waals surface area (Å²) in [5, 5.41) is 0. The van der Waals surface area contributed by atoms with Gasteiger partial charge in [0.05, 0.1) is 0 Å². The highest BCUT2D eigenvalue weighted by atomic mass is 16.2. The van der Waals surface area contributed by atoms with Gasteiger partial charge < -0.3 is 4.90 Å². The molecule has 1 saturated heterocycles. The van der Waals surface area contributed by atoms with Crippen molar-refractivity contribution < 1.29 is 4.79 Å². The number of rotatable bonds is 19. The summed E-state index contributed by atoms with van der Waals surface area (Å²) in [5.41, 5.74) is 0. The fourth-order valence-corrected chi connectivity index (χ4v) is 4.18. The molecule has 1 aliphatic rings. The molecule has 1 amide bonds. The van der Waals surface area contributed by atoms with E-state index in [1.807, 2.05) is 0 Å². The standard InChI is InChI=1S/C26H49NO/c1-2-3-4-5-6-7-8-9-10-11-12-13-14-15-16-17-18-19-20-23-26(28)27-24-21-22-25-27/h15-16H,2-14,17-25H2,1H3/b16-15-. The van der Waals surface area contributed by atoms with Gasteiger partial charge in [-0.3, -0.25) is 4.79 Å². The maximum Gasteiger partial charge on any atom is 0.222 e. The second-order valence-electron chi connectivity index (χ2n) is 8.84. The summed E-state index contributed by atoms with van der Waals surface area (Å²) in [7, 11) is 0. The fourth-order valence-electron chi connectivity index (χ4n) is 4.18. The molecule has 164 valence electrons. The number of hydrogen-bond acceptors (Lipinski definition) is 1. The summed E-state index contributed by atoms with van der Waals surface area (Å²) < 4.78 is 0. The number of allylic oxidation sites excluding steroid dienone is 2. The van der Waals surface area contributed by atoms with Crippen LogP contribution in [0, 0.1) is 0 Å². The largest absolute Gasteiger partial charge is 0.343 e. The van der Waals surface area contributed by atoms with Crippen molar-refractivity contribution in [2.45, 2.75) is 135 Å². The first-order valence-electron chi connectivity index (χ1n) is 12.8. The molecule has 0 aromatic rings. The highest BCUT2D eigenvalue weighted by Crippen LogP contribution is 2.14. The minimum atomic E-state index is 0.389. The molecular weight excluding hydrogens is 342 g/mol. The molecule has 1 heterocycles. The zero-order valence-electron chi connectivity index (χ0n) is 19.1. The monoisotopic (exact) mass is 391 g/mol. The minimum absolute atomic E-state index is 0.389. The molecule has 0 unspecified atom stereocenters. The van der Waals surface area contributed by atoms with Crippen molar-refractivity contribution in [2.24, 2.45) is 0 Å². The molecule has 2 heteroatoms. The smallest absolute Gasteiger partial charge is 0.222 e. The maximum atomic E-state index is 11.9. The van der Waals surface area contributed by atoms with E-state index in [2.05, 4.69) is 24.0 Å². The summed E-state index contributed by atoms with van der Waals surface area (Å²) >= 11 is 0. The molecule has 0 atom stereocenters. The van der Waals surface area contributed by atoms with E-state index in [-0.39, 0.29) is 0 Å². The van der Waals surface area contributed by atoms with Gasteiger partial charge in [0.15, 0.2) is 0 Å². The van der Waals surface area contributed by atoms with E-state index in [0.717, 1.165) is 25.9 Å². The van der Waals surface area contributed by atoms with E-state index in [0.29, 0.717) is 5.91 Å². The van der Waals surface area contributed by atoms with Crippen LogP contribution < -0.4 is 0 Å². The number of amides is 1. The van der Waals surface area contributed by atoms with Gasteiger partial charge >= 0.3 is 0 Å². The normalized spacial score (nSPS) is 14.4. The summed E-state index contributed by atoms with van der Waals surface area (Å²) in [4.78, 5) is 14.0. The van der Waals surface area contributed by atoms with Crippen LogP contribution >= 0.6 is 0 Å². The first-order chi connectivity index (χ1) is 13.8. The number of carbonyl (C=O) groups is 1. The van der Waals surface area contributed by atoms with E-state index in [9.17, 15) is 4.79 Å². The van der Waals surface area contributed by atoms with Crippen molar-refractivity contribution in [3.63, 3.8) is 0 Å². The van der Waals surface area contributed by atoms with Crippen LogP contribution in [0.3, 0.4) is 0 Å². The molecule has 2 nitrogen and oxygen atoms in total. The molecule has 1 aliphatic heterocycles. The molecule has 1 fully saturated rings. The second kappa shape index (κ2) is 19.5. The topological polar surface area (TPSA) is 20.3 Å². The third-order valence-electron chi connectivity index (χ3n) is 6.11. The lowest BCUT2D eigenvalue weighted by molar-refractivity contribution is -0.130. The summed E-state index contributed by atoms with van der Waals surface area (Å²) in [5.74, 6) is 0.389. The maximum absolute atomic E-state index is 11.9. The van der Waals surface area contributed by atoms with Gasteiger partial charge in [0.25, 0.3) is 0 Å². The molecule has 0 N–H and O–H groups in total. The average molecular weight is 392 g/mol. The first-order valence-corrected chi connectivity index (χ1v) is 12.8. The molecule has 0 radical (unpaired) electrons. The molecule has 0 aliphatic carbocycles. The Morgan fingerprint density at radius 1 is 0.643 bits per heavy atom. The van der Waals surface area contributed by atoms with Gasteiger partial charge in [0.1, 0.15) is 0 Å². The van der Waals surface area contributed by atoms with Crippen LogP contribution in [0.15, 0.2) is 12.2 Å². The van der Waals surface area contributed by atoms with Crippen LogP contribution in [0.25, 0.3) is 0 Å². The van der Waals surface area contributed by atoms with Crippen LogP contribution in [-0.2, 0) is 4.79 Å². The van der Waals surface area contributed by atoms with Crippen LogP contribution in [0.5, 0.6) is 0 Å². The van der Waals surface area contributed by atoms with Crippen molar-refractivity contribution >= 4 is 5.91 Å². The van der Waals surface area contributed by atoms with Crippen LogP contribution in [0.4, 0.5) is 0 Å². The molecule has 28 heavy (non-hydrogen) atoms. The fraction of sp³-hybridized carbons (Fsp3) is 0.885. The zero-order valence-corrected chi connectivity index (χ0v) is 19.1. The molecule has 0 saturated carbocycles. The summed E-state index contributed by atoms with van der Waals surface area (Å²) in [6, 6.07) is 0. The molecular formula is C26H49NO. The Morgan fingerprint density at radius 3 is 1.57 bits per heavy atom. The zero-order chi connectivity index (χ0) is 20.1. The Kier molecular flexibility index (Phi) is 17.6. The van der Waals surface area contributed by atoms with Crippen LogP contribution in [-0.4, -0.2) is 23.9 Å². The number of carbonyl (C=O) groups excluding carboxylic acids is 1. The number of nitrogens with zero attached hydrogens (tertiary/aromatic N) is 1. The van der Waals surface area contributed by atoms with Crippen molar-refractivity contribution in [2.75, 3.05) is 13.1 Å². The molecule has 1 rings (SSSR count). The van der Waals surface area contributed by atoms with Crippen molar-refractivity contribution in [1.82, 2.24) is 4.90 Å². The number of hydrogen-bond donors (Lipinski definition) is 0. The Bertz CT molecular complexity index is 371. The van der Waals surface area contributed by atoms with Crippen LogP contribution in [0.1, 0.15) is 135 Å². The molecule has 0 bridgehead atoms. The quantitative estimate of drug-likeness (QED) is 0.160. The highest BCUT2D eigenvalue weighted by Gasteiger charge is 2.16. The number of likely N-dealkylation sites (tertiary alicyclic amines) is 1. The summed E-state index contributed by atoms with van der Waals surface area (Å²) in [6.45, 7) is 4.29. The van der Waals surface area contributed by atoms with Gasteiger partial charge in [0.2, 0.25) is 5.91 Å². The van der Waals surface area contributed by atoms with Gasteiger partial charge in [-0.25, -0.2) is 0 Å². The molecule has 0 aromatic carbocycles. The first kappa shape index (κ1) is 25.2. The third-order valence-corrected chi connectivity index (χ3v) is 6.11. The van der Waals surface area contributed by atoms with E-state index < -0.39 is 0 Å². The van der Waals surface area contributed by atoms with Gasteiger partial charge in [0, 0.05) is 19.5 Å². The minimum Gasteiger partial charge on any atom is -0.343 e. The van der Waals surface area contributed by atoms with Gasteiger partial charge in [-0.15, -0.1) is 0 Å². The predicted molar refractivity (Wildman–Crippen MR) is 124 cm³/mol. The Hall–Kier alpha value is -0.790. The Balaban J connectivity index is 1.72. The Morgan fingerprint density at radius 2 is 1.07 bits per heavy atom. The predicted octanol–water partition coefficient (Wildman–Crippen LogP) is 8.21. The lowest BCUT2D eigenvalue weighted by Crippen LogP contribution is -2.27. The SMILES string of the molecule is CCCCCCCCCCCCCC/C=C\CCCCCC(=O)N1CCCC1. The van der Waals surface area contributed by atoms with E-state index in [1.54, 1.807) is 0 Å². The Labute approximate surface area is 176 Å². The van der Waals surface area contributed by atoms with E-state index in [1.165, 1.54) is 116 Å². The number of unbranched alkanes of at least 4 members (excludes halogenated alkanes) is 15. The van der Waals surface area contributed by atoms with Gasteiger partial charge in [-0.2, -0.15) is 0 Å². The van der Waals surface area contributed by atoms with Crippen molar-refractivity contribution in [3.8, 4) is 0 Å². The van der Waals surface area contributed by atoms with E-state index >= 15 is 0 Å². The van der Waals surface area contributed by atoms with Crippen LogP contribution in [0.2, 0.25) is 0 Å². The average Bonchev–Trinajstić information content (AvgIpc) is 3.24. The second-order valence-corrected chi connectivity index (χ2v) is 8.84. The van der Waals surface area contributed by atoms with Crippen molar-refractivity contribution in [3.05, 3.63) is 12.2 Å². The molecule has 0 spiro atoms. The van der Waals surface area contributed by atoms with Gasteiger partial charge in [-0.05, 0) is 44.9 Å². The lowest BCUT2D eigenvalue weighted by atomic mass is 10.0. The van der Waals surface area contributed by atoms with E-state index in [4.69, 9.17) is 0 Å². The molecule has 0 aromatic heterocycles. The third kappa shape index (κ3) is 15.2. The summed E-state index contributed by atoms with van der Waals surface area (Å²) in [6.07, 6.45) is 31.0. The highest BCUT2D eigenvalue weighted by molar-refractivity contribution is 5.76. The van der Waals surface area contributed by atoms with Gasteiger partial charge in [-0.1, -0.05) is 96.1 Å². The lowest BCUT2D eigenvalue weighted by Gasteiger charge is -2.14.